The van der Waals surface area contributed by atoms with Gasteiger partial charge in [0.25, 0.3) is 0 Å². The van der Waals surface area contributed by atoms with Crippen molar-refractivity contribution in [2.24, 2.45) is 0 Å². The number of rotatable bonds is 5. The van der Waals surface area contributed by atoms with E-state index in [4.69, 9.17) is 13.9 Å². The Morgan fingerprint density at radius 3 is 2.58 bits per heavy atom. The van der Waals surface area contributed by atoms with Crippen LogP contribution in [0.1, 0.15) is 27.0 Å². The van der Waals surface area contributed by atoms with E-state index in [0.717, 1.165) is 11.1 Å². The lowest BCUT2D eigenvalue weighted by Gasteiger charge is -2.12. The molecular formula is C21H20O5. The molecule has 0 aliphatic rings. The van der Waals surface area contributed by atoms with Crippen LogP contribution >= 0.6 is 0 Å². The maximum atomic E-state index is 12.5. The van der Waals surface area contributed by atoms with Crippen LogP contribution in [-0.4, -0.2) is 19.5 Å². The van der Waals surface area contributed by atoms with Crippen molar-refractivity contribution in [2.75, 3.05) is 13.7 Å². The summed E-state index contributed by atoms with van der Waals surface area (Å²) in [6, 6.07) is 10.6. The van der Waals surface area contributed by atoms with E-state index >= 15 is 0 Å². The first-order valence-electron chi connectivity index (χ1n) is 8.25. The largest absolute Gasteiger partial charge is 0.497 e. The molecule has 0 radical (unpaired) electrons. The van der Waals surface area contributed by atoms with E-state index in [0.29, 0.717) is 33.6 Å². The van der Waals surface area contributed by atoms with Crippen LogP contribution in [0.3, 0.4) is 0 Å². The Bertz CT molecular complexity index is 1050. The number of hydrogen-bond donors (Lipinski definition) is 0. The number of Topliss-reactive ketones (excluding diaryl/α,β-unsaturated/α-hetero) is 1. The highest BCUT2D eigenvalue weighted by molar-refractivity contribution is 5.98. The van der Waals surface area contributed by atoms with E-state index in [9.17, 15) is 9.59 Å². The lowest BCUT2D eigenvalue weighted by Crippen LogP contribution is -2.13. The number of ether oxygens (including phenoxy) is 2. The van der Waals surface area contributed by atoms with Crippen molar-refractivity contribution in [3.05, 3.63) is 69.1 Å². The molecule has 26 heavy (non-hydrogen) atoms. The quantitative estimate of drug-likeness (QED) is 0.513. The monoisotopic (exact) mass is 352 g/mol. The first kappa shape index (κ1) is 17.7. The van der Waals surface area contributed by atoms with Gasteiger partial charge in [0.1, 0.15) is 17.1 Å². The summed E-state index contributed by atoms with van der Waals surface area (Å²) >= 11 is 0. The molecular weight excluding hydrogens is 332 g/mol. The second-order valence-electron chi connectivity index (χ2n) is 6.22. The summed E-state index contributed by atoms with van der Waals surface area (Å²) in [6.45, 7) is 5.32. The van der Waals surface area contributed by atoms with Crippen molar-refractivity contribution in [1.82, 2.24) is 0 Å². The number of fused-ring (bicyclic) bond motifs is 1. The second kappa shape index (κ2) is 7.04. The third-order valence-corrected chi connectivity index (χ3v) is 4.41. The molecule has 3 rings (SSSR count). The van der Waals surface area contributed by atoms with Crippen LogP contribution in [0, 0.1) is 20.8 Å². The molecule has 0 bridgehead atoms. The molecule has 0 saturated heterocycles. The third kappa shape index (κ3) is 3.33. The van der Waals surface area contributed by atoms with Gasteiger partial charge < -0.3 is 13.9 Å². The molecule has 0 spiro atoms. The average Bonchev–Trinajstić information content (AvgIpc) is 2.63. The number of hydrogen-bond acceptors (Lipinski definition) is 5. The van der Waals surface area contributed by atoms with Gasteiger partial charge in [-0.1, -0.05) is 12.1 Å². The fraction of sp³-hybridized carbons (Fsp3) is 0.238. The van der Waals surface area contributed by atoms with Crippen LogP contribution in [-0.2, 0) is 0 Å². The van der Waals surface area contributed by atoms with Crippen molar-refractivity contribution < 1.29 is 18.7 Å². The minimum absolute atomic E-state index is 0.122. The van der Waals surface area contributed by atoms with Gasteiger partial charge in [-0.05, 0) is 56.2 Å². The van der Waals surface area contributed by atoms with E-state index in [2.05, 4.69) is 0 Å². The summed E-state index contributed by atoms with van der Waals surface area (Å²) in [7, 11) is 1.55. The molecule has 2 aromatic carbocycles. The molecule has 0 atom stereocenters. The van der Waals surface area contributed by atoms with Gasteiger partial charge in [-0.15, -0.1) is 0 Å². The molecule has 134 valence electrons. The molecule has 0 amide bonds. The predicted octanol–water partition coefficient (Wildman–Crippen LogP) is 3.99. The van der Waals surface area contributed by atoms with Crippen LogP contribution in [0.4, 0.5) is 0 Å². The van der Waals surface area contributed by atoms with Gasteiger partial charge in [0.05, 0.1) is 12.5 Å². The fourth-order valence-corrected chi connectivity index (χ4v) is 2.83. The summed E-state index contributed by atoms with van der Waals surface area (Å²) in [5.41, 5.74) is 2.82. The zero-order valence-corrected chi connectivity index (χ0v) is 15.2. The number of carbonyl (C=O) groups excluding carboxylic acids is 1. The summed E-state index contributed by atoms with van der Waals surface area (Å²) in [6.07, 6.45) is 0. The molecule has 0 fully saturated rings. The Hall–Kier alpha value is -3.08. The highest BCUT2D eigenvalue weighted by atomic mass is 16.5. The van der Waals surface area contributed by atoms with Crippen molar-refractivity contribution in [1.29, 1.82) is 0 Å². The molecule has 5 heteroatoms. The maximum absolute atomic E-state index is 12.5. The second-order valence-corrected chi connectivity index (χ2v) is 6.22. The lowest BCUT2D eigenvalue weighted by atomic mass is 10.0. The van der Waals surface area contributed by atoms with Crippen molar-refractivity contribution >= 4 is 16.8 Å². The molecule has 0 aliphatic heterocycles. The first-order valence-corrected chi connectivity index (χ1v) is 8.25. The molecule has 0 saturated carbocycles. The average molecular weight is 352 g/mol. The number of methoxy groups -OCH3 is 1. The van der Waals surface area contributed by atoms with Crippen molar-refractivity contribution in [3.63, 3.8) is 0 Å². The fourth-order valence-electron chi connectivity index (χ4n) is 2.83. The van der Waals surface area contributed by atoms with E-state index in [1.807, 2.05) is 19.9 Å². The van der Waals surface area contributed by atoms with Crippen LogP contribution in [0.5, 0.6) is 11.5 Å². The van der Waals surface area contributed by atoms with Crippen LogP contribution in [0.25, 0.3) is 11.0 Å². The van der Waals surface area contributed by atoms with Gasteiger partial charge in [-0.25, -0.2) is 4.79 Å². The highest BCUT2D eigenvalue weighted by Crippen LogP contribution is 2.31. The highest BCUT2D eigenvalue weighted by Gasteiger charge is 2.15. The zero-order valence-electron chi connectivity index (χ0n) is 15.2. The van der Waals surface area contributed by atoms with E-state index < -0.39 is 0 Å². The molecule has 3 aromatic rings. The zero-order chi connectivity index (χ0) is 18.8. The Morgan fingerprint density at radius 2 is 1.85 bits per heavy atom. The van der Waals surface area contributed by atoms with Gasteiger partial charge in [-0.3, -0.25) is 4.79 Å². The van der Waals surface area contributed by atoms with Gasteiger partial charge in [0.2, 0.25) is 0 Å². The van der Waals surface area contributed by atoms with Crippen molar-refractivity contribution in [2.45, 2.75) is 20.8 Å². The summed E-state index contributed by atoms with van der Waals surface area (Å²) in [5, 5.41) is 0.714. The van der Waals surface area contributed by atoms with Gasteiger partial charge in [-0.2, -0.15) is 0 Å². The van der Waals surface area contributed by atoms with E-state index in [1.54, 1.807) is 44.4 Å². The molecule has 1 aromatic heterocycles. The smallest absolute Gasteiger partial charge is 0.339 e. The van der Waals surface area contributed by atoms with Gasteiger partial charge in [0, 0.05) is 11.1 Å². The Kier molecular flexibility index (Phi) is 4.80. The van der Waals surface area contributed by atoms with Crippen molar-refractivity contribution in [3.8, 4) is 11.5 Å². The Balaban J connectivity index is 1.94. The third-order valence-electron chi connectivity index (χ3n) is 4.41. The maximum Gasteiger partial charge on any atom is 0.339 e. The summed E-state index contributed by atoms with van der Waals surface area (Å²) in [4.78, 5) is 24.4. The van der Waals surface area contributed by atoms with Gasteiger partial charge >= 0.3 is 5.63 Å². The lowest BCUT2D eigenvalue weighted by molar-refractivity contribution is 0.0922. The molecule has 0 N–H and O–H groups in total. The first-order chi connectivity index (χ1) is 12.4. The van der Waals surface area contributed by atoms with E-state index in [1.165, 1.54) is 0 Å². The minimum Gasteiger partial charge on any atom is -0.497 e. The summed E-state index contributed by atoms with van der Waals surface area (Å²) < 4.78 is 16.3. The number of aryl methyl sites for hydroxylation is 2. The SMILES string of the molecule is COc1cccc(C(=O)COc2cc(C)cc3oc(=O)c(C)c(C)c23)c1. The van der Waals surface area contributed by atoms with Crippen LogP contribution in [0.2, 0.25) is 0 Å². The standard InChI is InChI=1S/C21H20O5/c1-12-8-18(20-13(2)14(3)21(23)26-19(20)9-12)25-11-17(22)15-6-5-7-16(10-15)24-4/h5-10H,11H2,1-4H3. The molecule has 0 unspecified atom stereocenters. The predicted molar refractivity (Wildman–Crippen MR) is 99.5 cm³/mol. The molecule has 0 aliphatic carbocycles. The normalized spacial score (nSPS) is 10.8. The Labute approximate surface area is 151 Å². The number of ketones is 1. The molecule has 1 heterocycles. The van der Waals surface area contributed by atoms with Crippen LogP contribution < -0.4 is 15.1 Å². The topological polar surface area (TPSA) is 65.7 Å². The van der Waals surface area contributed by atoms with E-state index in [-0.39, 0.29) is 18.0 Å². The Morgan fingerprint density at radius 1 is 1.08 bits per heavy atom. The number of benzene rings is 2. The van der Waals surface area contributed by atoms with Gasteiger partial charge in [0.15, 0.2) is 12.4 Å². The molecule has 5 nitrogen and oxygen atoms in total. The number of carbonyl (C=O) groups is 1. The minimum atomic E-state index is -0.362. The summed E-state index contributed by atoms with van der Waals surface area (Å²) in [5.74, 6) is 0.982. The van der Waals surface area contributed by atoms with Crippen LogP contribution in [0.15, 0.2) is 45.6 Å².